The number of likely N-dealkylation sites (N-methyl/N-ethyl adjacent to an activating group) is 1. The Hall–Kier alpha value is -2.53. The average Bonchev–Trinajstić information content (AvgIpc) is 3.61. The van der Waals surface area contributed by atoms with Crippen LogP contribution in [0.3, 0.4) is 0 Å². The van der Waals surface area contributed by atoms with E-state index in [1.807, 2.05) is 26.8 Å². The van der Waals surface area contributed by atoms with Crippen molar-refractivity contribution in [2.75, 3.05) is 58.4 Å². The highest BCUT2D eigenvalue weighted by molar-refractivity contribution is 9.10. The van der Waals surface area contributed by atoms with E-state index in [2.05, 4.69) is 32.8 Å². The molecule has 3 fully saturated rings. The van der Waals surface area contributed by atoms with Crippen LogP contribution >= 0.6 is 15.9 Å². The highest BCUT2D eigenvalue weighted by Crippen LogP contribution is 2.45. The van der Waals surface area contributed by atoms with E-state index >= 15 is 0 Å². The van der Waals surface area contributed by atoms with Crippen LogP contribution in [-0.2, 0) is 4.74 Å². The predicted molar refractivity (Wildman–Crippen MR) is 149 cm³/mol. The molecule has 1 aromatic heterocycles. The molecule has 0 spiro atoms. The summed E-state index contributed by atoms with van der Waals surface area (Å²) in [6.45, 7) is 9.52. The summed E-state index contributed by atoms with van der Waals surface area (Å²) in [5, 5.41) is 0.830. The van der Waals surface area contributed by atoms with Gasteiger partial charge in [0.25, 0.3) is 0 Å². The number of benzene rings is 1. The lowest BCUT2D eigenvalue weighted by atomic mass is 10.1. The standard InChI is InChI=1S/C27H38BrN5O5/c1-27(2,3)38-26(34)33-13-11-32(12-14-33)24-19-15-20(35-5)21(28)23(37-18-8-9-18)22(19)29-25(30-24)36-16-17-7-6-10-31(17)4/h15,17-18H,6-14,16H2,1-5H3. The molecule has 0 N–H and O–H groups in total. The zero-order valence-corrected chi connectivity index (χ0v) is 24.5. The van der Waals surface area contributed by atoms with Crippen molar-refractivity contribution >= 4 is 38.7 Å². The monoisotopic (exact) mass is 591 g/mol. The van der Waals surface area contributed by atoms with Crippen LogP contribution in [0.5, 0.6) is 17.5 Å². The minimum Gasteiger partial charge on any atom is -0.495 e. The van der Waals surface area contributed by atoms with Crippen molar-refractivity contribution in [3.8, 4) is 17.5 Å². The summed E-state index contributed by atoms with van der Waals surface area (Å²) >= 11 is 3.68. The average molecular weight is 593 g/mol. The van der Waals surface area contributed by atoms with E-state index in [1.54, 1.807) is 12.0 Å². The second-order valence-electron chi connectivity index (χ2n) is 11.3. The van der Waals surface area contributed by atoms with Crippen LogP contribution in [0.15, 0.2) is 10.5 Å². The summed E-state index contributed by atoms with van der Waals surface area (Å²) in [5.41, 5.74) is 0.164. The number of amides is 1. The Kier molecular flexibility index (Phi) is 7.77. The zero-order valence-electron chi connectivity index (χ0n) is 23.0. The first-order valence-electron chi connectivity index (χ1n) is 13.4. The summed E-state index contributed by atoms with van der Waals surface area (Å²) in [6.07, 6.45) is 4.19. The summed E-state index contributed by atoms with van der Waals surface area (Å²) in [6, 6.07) is 2.63. The van der Waals surface area contributed by atoms with Crippen molar-refractivity contribution in [1.29, 1.82) is 0 Å². The van der Waals surface area contributed by atoms with Gasteiger partial charge >= 0.3 is 12.1 Å². The molecule has 1 aliphatic carbocycles. The number of methoxy groups -OCH3 is 1. The quantitative estimate of drug-likeness (QED) is 0.462. The third-order valence-electron chi connectivity index (χ3n) is 7.15. The summed E-state index contributed by atoms with van der Waals surface area (Å²) in [5.74, 6) is 2.06. The van der Waals surface area contributed by atoms with Gasteiger partial charge in [0, 0.05) is 32.2 Å². The van der Waals surface area contributed by atoms with Crippen LogP contribution in [0.4, 0.5) is 10.6 Å². The molecular formula is C27H38BrN5O5. The number of nitrogens with zero attached hydrogens (tertiary/aromatic N) is 5. The molecule has 1 unspecified atom stereocenters. The summed E-state index contributed by atoms with van der Waals surface area (Å²) in [4.78, 5) is 28.6. The second kappa shape index (κ2) is 10.9. The van der Waals surface area contributed by atoms with E-state index in [9.17, 15) is 4.79 Å². The largest absolute Gasteiger partial charge is 0.495 e. The maximum absolute atomic E-state index is 12.6. The molecule has 3 aliphatic rings. The van der Waals surface area contributed by atoms with Crippen LogP contribution in [0.1, 0.15) is 46.5 Å². The molecule has 2 saturated heterocycles. The summed E-state index contributed by atoms with van der Waals surface area (Å²) < 4.78 is 24.5. The van der Waals surface area contributed by atoms with Gasteiger partial charge in [-0.25, -0.2) is 4.79 Å². The molecule has 1 atom stereocenters. The van der Waals surface area contributed by atoms with Crippen LogP contribution < -0.4 is 19.1 Å². The molecule has 5 rings (SSSR count). The molecule has 11 heteroatoms. The highest BCUT2D eigenvalue weighted by atomic mass is 79.9. The third-order valence-corrected chi connectivity index (χ3v) is 7.90. The number of anilines is 1. The number of hydrogen-bond donors (Lipinski definition) is 0. The van der Waals surface area contributed by atoms with Gasteiger partial charge in [-0.2, -0.15) is 9.97 Å². The maximum Gasteiger partial charge on any atom is 0.410 e. The Morgan fingerprint density at radius 1 is 1.11 bits per heavy atom. The van der Waals surface area contributed by atoms with Crippen LogP contribution in [0.2, 0.25) is 0 Å². The molecule has 2 aliphatic heterocycles. The Morgan fingerprint density at radius 2 is 1.84 bits per heavy atom. The van der Waals surface area contributed by atoms with Gasteiger partial charge in [-0.05, 0) is 82.0 Å². The maximum atomic E-state index is 12.6. The van der Waals surface area contributed by atoms with Crippen molar-refractivity contribution in [3.05, 3.63) is 10.5 Å². The van der Waals surface area contributed by atoms with Crippen LogP contribution in [0.25, 0.3) is 10.9 Å². The summed E-state index contributed by atoms with van der Waals surface area (Å²) in [7, 11) is 3.77. The van der Waals surface area contributed by atoms with Crippen LogP contribution in [0, 0.1) is 0 Å². The molecule has 0 bridgehead atoms. The van der Waals surface area contributed by atoms with E-state index in [1.165, 1.54) is 6.42 Å². The smallest absolute Gasteiger partial charge is 0.410 e. The van der Waals surface area contributed by atoms with Crippen molar-refractivity contribution in [1.82, 2.24) is 19.8 Å². The third kappa shape index (κ3) is 6.03. The zero-order chi connectivity index (χ0) is 27.0. The van der Waals surface area contributed by atoms with E-state index in [4.69, 9.17) is 28.9 Å². The first-order chi connectivity index (χ1) is 18.1. The minimum absolute atomic E-state index is 0.175. The number of carbonyl (C=O) groups is 1. The van der Waals surface area contributed by atoms with E-state index in [-0.39, 0.29) is 12.2 Å². The lowest BCUT2D eigenvalue weighted by Crippen LogP contribution is -2.50. The number of fused-ring (bicyclic) bond motifs is 1. The fourth-order valence-corrected chi connectivity index (χ4v) is 5.41. The fraction of sp³-hybridized carbons (Fsp3) is 0.667. The van der Waals surface area contributed by atoms with E-state index in [0.29, 0.717) is 61.9 Å². The second-order valence-corrected chi connectivity index (χ2v) is 12.1. The van der Waals surface area contributed by atoms with Crippen LogP contribution in [-0.4, -0.2) is 97.1 Å². The lowest BCUT2D eigenvalue weighted by Gasteiger charge is -2.36. The number of carbonyl (C=O) groups excluding carboxylic acids is 1. The molecule has 1 amide bonds. The van der Waals surface area contributed by atoms with Crippen molar-refractivity contribution < 1.29 is 23.7 Å². The predicted octanol–water partition coefficient (Wildman–Crippen LogP) is 4.47. The first-order valence-corrected chi connectivity index (χ1v) is 14.2. The molecule has 3 heterocycles. The Labute approximate surface area is 232 Å². The Bertz CT molecular complexity index is 1180. The SMILES string of the molecule is COc1cc2c(N3CCN(C(=O)OC(C)(C)C)CC3)nc(OCC3CCCN3C)nc2c(OC2CC2)c1Br. The van der Waals surface area contributed by atoms with Gasteiger partial charge in [-0.3, -0.25) is 0 Å². The molecule has 208 valence electrons. The van der Waals surface area contributed by atoms with Gasteiger partial charge in [-0.1, -0.05) is 0 Å². The first kappa shape index (κ1) is 27.1. The molecule has 0 radical (unpaired) electrons. The van der Waals surface area contributed by atoms with Crippen molar-refractivity contribution in [3.63, 3.8) is 0 Å². The van der Waals surface area contributed by atoms with Gasteiger partial charge in [-0.15, -0.1) is 0 Å². The number of aromatic nitrogens is 2. The van der Waals surface area contributed by atoms with Crippen molar-refractivity contribution in [2.24, 2.45) is 0 Å². The molecule has 1 aromatic carbocycles. The Balaban J connectivity index is 1.47. The van der Waals surface area contributed by atoms with Gasteiger partial charge in [0.15, 0.2) is 5.75 Å². The van der Waals surface area contributed by atoms with Crippen molar-refractivity contribution in [2.45, 2.75) is 64.2 Å². The van der Waals surface area contributed by atoms with E-state index in [0.717, 1.165) is 41.5 Å². The Morgan fingerprint density at radius 3 is 2.45 bits per heavy atom. The fourth-order valence-electron chi connectivity index (χ4n) is 4.86. The van der Waals surface area contributed by atoms with Gasteiger partial charge in [0.2, 0.25) is 0 Å². The number of rotatable bonds is 7. The minimum atomic E-state index is -0.529. The number of piperazine rings is 1. The molecule has 38 heavy (non-hydrogen) atoms. The molecule has 2 aromatic rings. The number of halogens is 1. The lowest BCUT2D eigenvalue weighted by molar-refractivity contribution is 0.0240. The molecule has 1 saturated carbocycles. The number of hydrogen-bond acceptors (Lipinski definition) is 9. The molecular weight excluding hydrogens is 554 g/mol. The normalized spacial score (nSPS) is 20.6. The van der Waals surface area contributed by atoms with Gasteiger partial charge in [0.05, 0.1) is 18.6 Å². The van der Waals surface area contributed by atoms with Gasteiger partial charge in [0.1, 0.15) is 33.8 Å². The number of ether oxygens (including phenoxy) is 4. The molecule has 10 nitrogen and oxygen atoms in total. The number of likely N-dealkylation sites (tertiary alicyclic amines) is 1. The topological polar surface area (TPSA) is 89.5 Å². The highest BCUT2D eigenvalue weighted by Gasteiger charge is 2.31. The van der Waals surface area contributed by atoms with Gasteiger partial charge < -0.3 is 33.6 Å². The van der Waals surface area contributed by atoms with E-state index < -0.39 is 5.60 Å².